The van der Waals surface area contributed by atoms with E-state index in [1.54, 1.807) is 40.9 Å². The van der Waals surface area contributed by atoms with Gasteiger partial charge in [0.25, 0.3) is 5.91 Å². The van der Waals surface area contributed by atoms with Crippen molar-refractivity contribution in [3.05, 3.63) is 48.0 Å². The van der Waals surface area contributed by atoms with Crippen molar-refractivity contribution in [3.63, 3.8) is 0 Å². The van der Waals surface area contributed by atoms with Crippen molar-refractivity contribution >= 4 is 61.9 Å². The Labute approximate surface area is 195 Å². The number of carbonyl (C=O) groups is 3. The summed E-state index contributed by atoms with van der Waals surface area (Å²) in [5.41, 5.74) is 1.85. The molecule has 1 aliphatic heterocycles. The van der Waals surface area contributed by atoms with E-state index in [4.69, 9.17) is 4.98 Å². The number of fused-ring (bicyclic) bond motifs is 1. The number of aromatic nitrogens is 1. The quantitative estimate of drug-likeness (QED) is 0.387. The average Bonchev–Trinajstić information content (AvgIpc) is 3.35. The maximum absolute atomic E-state index is 13.4. The molecule has 3 amide bonds. The Hall–Kier alpha value is -2.75. The highest BCUT2D eigenvalue weighted by atomic mass is 32.2. The lowest BCUT2D eigenvalue weighted by Crippen LogP contribution is -2.36. The molecule has 0 atom stereocenters. The maximum Gasteiger partial charge on any atom is 0.260 e. The number of rotatable bonds is 7. The van der Waals surface area contributed by atoms with E-state index in [2.05, 4.69) is 6.07 Å². The molecule has 0 bridgehead atoms. The van der Waals surface area contributed by atoms with Crippen LogP contribution in [0.5, 0.6) is 0 Å². The minimum Gasteiger partial charge on any atom is -0.308 e. The fraction of sp³-hybridized carbons (Fsp3) is 0.304. The van der Waals surface area contributed by atoms with Crippen LogP contribution in [-0.2, 0) is 9.59 Å². The van der Waals surface area contributed by atoms with Gasteiger partial charge in [-0.05, 0) is 62.8 Å². The summed E-state index contributed by atoms with van der Waals surface area (Å²) in [4.78, 5) is 48.2. The molecule has 32 heavy (non-hydrogen) atoms. The first-order valence-electron chi connectivity index (χ1n) is 10.2. The molecule has 9 heteroatoms. The summed E-state index contributed by atoms with van der Waals surface area (Å²) in [6, 6.07) is 12.7. The van der Waals surface area contributed by atoms with Crippen molar-refractivity contribution in [3.8, 4) is 0 Å². The van der Waals surface area contributed by atoms with E-state index in [1.807, 2.05) is 37.4 Å². The number of anilines is 2. The zero-order valence-electron chi connectivity index (χ0n) is 18.2. The minimum atomic E-state index is -0.208. The number of thiazole rings is 1. The fourth-order valence-corrected chi connectivity index (χ4v) is 5.04. The molecule has 1 saturated heterocycles. The molecular formula is C23H24N4O3S2. The Morgan fingerprint density at radius 3 is 2.38 bits per heavy atom. The van der Waals surface area contributed by atoms with Gasteiger partial charge in [-0.15, -0.1) is 11.8 Å². The molecule has 0 spiro atoms. The molecule has 2 heterocycles. The molecule has 0 aliphatic carbocycles. The highest BCUT2D eigenvalue weighted by Gasteiger charge is 2.30. The number of likely N-dealkylation sites (N-methyl/N-ethyl adjacent to an activating group) is 1. The van der Waals surface area contributed by atoms with Gasteiger partial charge in [0.05, 0.1) is 15.9 Å². The Kier molecular flexibility index (Phi) is 6.59. The van der Waals surface area contributed by atoms with Crippen LogP contribution in [0.2, 0.25) is 0 Å². The second-order valence-corrected chi connectivity index (χ2v) is 9.65. The Bertz CT molecular complexity index is 1160. The van der Waals surface area contributed by atoms with Crippen LogP contribution in [0.15, 0.2) is 47.4 Å². The van der Waals surface area contributed by atoms with E-state index < -0.39 is 0 Å². The third-order valence-corrected chi connectivity index (χ3v) is 7.02. The van der Waals surface area contributed by atoms with E-state index in [-0.39, 0.29) is 30.6 Å². The number of imide groups is 1. The number of carbonyl (C=O) groups excluding carboxylic acids is 3. The predicted octanol–water partition coefficient (Wildman–Crippen LogP) is 3.88. The third kappa shape index (κ3) is 4.55. The van der Waals surface area contributed by atoms with Crippen LogP contribution in [0.25, 0.3) is 10.2 Å². The van der Waals surface area contributed by atoms with Crippen molar-refractivity contribution in [2.45, 2.75) is 17.7 Å². The van der Waals surface area contributed by atoms with Gasteiger partial charge in [-0.1, -0.05) is 11.3 Å². The van der Waals surface area contributed by atoms with Gasteiger partial charge in [-0.2, -0.15) is 0 Å². The summed E-state index contributed by atoms with van der Waals surface area (Å²) in [6.07, 6.45) is 2.49. The lowest BCUT2D eigenvalue weighted by molar-refractivity contribution is -0.121. The van der Waals surface area contributed by atoms with Crippen LogP contribution in [0, 0.1) is 0 Å². The van der Waals surface area contributed by atoms with Crippen molar-refractivity contribution in [1.82, 2.24) is 9.88 Å². The van der Waals surface area contributed by atoms with Crippen molar-refractivity contribution < 1.29 is 14.4 Å². The van der Waals surface area contributed by atoms with Crippen molar-refractivity contribution in [2.24, 2.45) is 0 Å². The molecule has 4 rings (SSSR count). The molecular weight excluding hydrogens is 444 g/mol. The average molecular weight is 469 g/mol. The zero-order valence-corrected chi connectivity index (χ0v) is 19.8. The molecule has 1 aliphatic rings. The molecule has 1 aromatic heterocycles. The Morgan fingerprint density at radius 2 is 1.75 bits per heavy atom. The second-order valence-electron chi connectivity index (χ2n) is 7.76. The molecule has 166 valence electrons. The highest BCUT2D eigenvalue weighted by Crippen LogP contribution is 2.32. The van der Waals surface area contributed by atoms with E-state index in [0.717, 1.165) is 15.1 Å². The van der Waals surface area contributed by atoms with E-state index >= 15 is 0 Å². The van der Waals surface area contributed by atoms with Gasteiger partial charge >= 0.3 is 0 Å². The molecule has 0 unspecified atom stereocenters. The summed E-state index contributed by atoms with van der Waals surface area (Å²) in [6.45, 7) is 1.18. The van der Waals surface area contributed by atoms with Gasteiger partial charge in [-0.25, -0.2) is 4.98 Å². The van der Waals surface area contributed by atoms with Gasteiger partial charge in [0, 0.05) is 36.4 Å². The predicted molar refractivity (Wildman–Crippen MR) is 130 cm³/mol. The monoisotopic (exact) mass is 468 g/mol. The molecule has 0 N–H and O–H groups in total. The Balaban J connectivity index is 1.63. The van der Waals surface area contributed by atoms with Gasteiger partial charge in [-0.3, -0.25) is 24.2 Å². The second kappa shape index (κ2) is 9.40. The van der Waals surface area contributed by atoms with Crippen molar-refractivity contribution in [1.29, 1.82) is 0 Å². The maximum atomic E-state index is 13.4. The summed E-state index contributed by atoms with van der Waals surface area (Å²) < 4.78 is 1.04. The largest absolute Gasteiger partial charge is 0.308 e. The SMILES string of the molecule is CSc1ccc2nc(N(CCN(C)C)C(=O)c3ccc(N4C(=O)CCC4=O)cc3)sc2c1. The standard InChI is InChI=1S/C23H24N4O3S2/c1-25(2)12-13-26(23-24-18-9-8-17(31-3)14-19(18)32-23)22(30)15-4-6-16(7-5-15)27-20(28)10-11-21(27)29/h4-9,14H,10-13H2,1-3H3. The van der Waals surface area contributed by atoms with Crippen LogP contribution >= 0.6 is 23.1 Å². The van der Waals surface area contributed by atoms with Crippen LogP contribution in [-0.4, -0.2) is 61.0 Å². The van der Waals surface area contributed by atoms with Gasteiger partial charge in [0.15, 0.2) is 5.13 Å². The van der Waals surface area contributed by atoms with Crippen LogP contribution < -0.4 is 9.80 Å². The molecule has 3 aromatic rings. The molecule has 1 fully saturated rings. The number of amides is 3. The molecule has 0 radical (unpaired) electrons. The van der Waals surface area contributed by atoms with E-state index in [0.29, 0.717) is 29.5 Å². The number of benzene rings is 2. The summed E-state index contributed by atoms with van der Waals surface area (Å²) >= 11 is 3.17. The van der Waals surface area contributed by atoms with Gasteiger partial charge < -0.3 is 4.90 Å². The topological polar surface area (TPSA) is 73.8 Å². The lowest BCUT2D eigenvalue weighted by Gasteiger charge is -2.22. The van der Waals surface area contributed by atoms with E-state index in [1.165, 1.54) is 16.2 Å². The van der Waals surface area contributed by atoms with Gasteiger partial charge in [0.2, 0.25) is 11.8 Å². The summed E-state index contributed by atoms with van der Waals surface area (Å²) in [7, 11) is 3.93. The zero-order chi connectivity index (χ0) is 22.8. The van der Waals surface area contributed by atoms with Crippen LogP contribution in [0.1, 0.15) is 23.2 Å². The minimum absolute atomic E-state index is 0.165. The molecule has 0 saturated carbocycles. The third-order valence-electron chi connectivity index (χ3n) is 5.26. The molecule has 2 aromatic carbocycles. The first kappa shape index (κ1) is 22.4. The number of hydrogen-bond donors (Lipinski definition) is 0. The molecule has 7 nitrogen and oxygen atoms in total. The fourth-order valence-electron chi connectivity index (χ4n) is 3.49. The Morgan fingerprint density at radius 1 is 1.06 bits per heavy atom. The normalized spacial score (nSPS) is 14.1. The van der Waals surface area contributed by atoms with E-state index in [9.17, 15) is 14.4 Å². The first-order valence-corrected chi connectivity index (χ1v) is 12.3. The van der Waals surface area contributed by atoms with Crippen LogP contribution in [0.4, 0.5) is 10.8 Å². The summed E-state index contributed by atoms with van der Waals surface area (Å²) in [5.74, 6) is -0.580. The number of hydrogen-bond acceptors (Lipinski definition) is 7. The first-order chi connectivity index (χ1) is 15.4. The smallest absolute Gasteiger partial charge is 0.260 e. The number of thioether (sulfide) groups is 1. The highest BCUT2D eigenvalue weighted by molar-refractivity contribution is 7.98. The van der Waals surface area contributed by atoms with Crippen LogP contribution in [0.3, 0.4) is 0 Å². The van der Waals surface area contributed by atoms with Crippen molar-refractivity contribution in [2.75, 3.05) is 43.2 Å². The lowest BCUT2D eigenvalue weighted by atomic mass is 10.1. The number of nitrogens with zero attached hydrogens (tertiary/aromatic N) is 4. The summed E-state index contributed by atoms with van der Waals surface area (Å²) in [5, 5.41) is 0.652. The van der Waals surface area contributed by atoms with Gasteiger partial charge in [0.1, 0.15) is 0 Å².